The number of nitrogens with zero attached hydrogens (tertiary/aromatic N) is 4. The fraction of sp³-hybridized carbons (Fsp3) is 0. The third kappa shape index (κ3) is 3.35. The highest BCUT2D eigenvalue weighted by atomic mass is 35.5. The van der Waals surface area contributed by atoms with Gasteiger partial charge >= 0.3 is 5.82 Å². The van der Waals surface area contributed by atoms with Crippen molar-refractivity contribution in [2.45, 2.75) is 4.90 Å². The van der Waals surface area contributed by atoms with Crippen molar-refractivity contribution in [1.82, 2.24) is 15.0 Å². The van der Waals surface area contributed by atoms with E-state index >= 15 is 0 Å². The van der Waals surface area contributed by atoms with Crippen molar-refractivity contribution in [3.05, 3.63) is 45.1 Å². The first-order valence-corrected chi connectivity index (χ1v) is 7.34. The Morgan fingerprint density at radius 3 is 2.24 bits per heavy atom. The molecule has 0 aliphatic carbocycles. The summed E-state index contributed by atoms with van der Waals surface area (Å²) in [5.41, 5.74) is -0.195. The van der Waals surface area contributed by atoms with Crippen molar-refractivity contribution in [3.63, 3.8) is 0 Å². The van der Waals surface area contributed by atoms with Crippen molar-refractivity contribution in [3.8, 4) is 0 Å². The maximum Gasteiger partial charge on any atom is 0.363 e. The van der Waals surface area contributed by atoms with Crippen LogP contribution in [0.4, 0.5) is 11.5 Å². The molecule has 0 aliphatic rings. The van der Waals surface area contributed by atoms with Gasteiger partial charge in [0.15, 0.2) is 16.5 Å². The number of hydrogen-bond donors (Lipinski definition) is 1. The fourth-order valence-electron chi connectivity index (χ4n) is 1.26. The number of sulfonamides is 1. The average Bonchev–Trinajstić information content (AvgIpc) is 2.43. The monoisotopic (exact) mass is 349 g/mol. The lowest BCUT2D eigenvalue weighted by molar-refractivity contribution is -0.389. The van der Waals surface area contributed by atoms with Crippen LogP contribution in [-0.2, 0) is 10.0 Å². The van der Waals surface area contributed by atoms with E-state index in [1.807, 2.05) is 0 Å². The van der Waals surface area contributed by atoms with Gasteiger partial charge in [0.25, 0.3) is 10.0 Å². The number of rotatable bonds is 4. The van der Waals surface area contributed by atoms with E-state index in [4.69, 9.17) is 23.2 Å². The van der Waals surface area contributed by atoms with Crippen LogP contribution in [-0.4, -0.2) is 28.3 Å². The van der Waals surface area contributed by atoms with E-state index in [9.17, 15) is 18.5 Å². The van der Waals surface area contributed by atoms with Gasteiger partial charge in [-0.3, -0.25) is 4.72 Å². The first-order valence-electron chi connectivity index (χ1n) is 5.10. The van der Waals surface area contributed by atoms with Crippen LogP contribution in [0.3, 0.4) is 0 Å². The number of pyridine rings is 1. The second-order valence-electron chi connectivity index (χ2n) is 3.54. The molecule has 0 atom stereocenters. The van der Waals surface area contributed by atoms with Crippen molar-refractivity contribution in [1.29, 1.82) is 0 Å². The Morgan fingerprint density at radius 2 is 1.76 bits per heavy atom. The van der Waals surface area contributed by atoms with E-state index in [1.165, 1.54) is 0 Å². The average molecular weight is 350 g/mol. The van der Waals surface area contributed by atoms with E-state index < -0.39 is 20.8 Å². The van der Waals surface area contributed by atoms with Crippen molar-refractivity contribution < 1.29 is 13.3 Å². The predicted octanol–water partition coefficient (Wildman–Crippen LogP) is 1.89. The number of aromatic nitrogens is 3. The van der Waals surface area contributed by atoms with Crippen LogP contribution < -0.4 is 4.72 Å². The first kappa shape index (κ1) is 15.4. The van der Waals surface area contributed by atoms with Gasteiger partial charge in [-0.1, -0.05) is 23.2 Å². The highest BCUT2D eigenvalue weighted by molar-refractivity contribution is 7.92. The lowest BCUT2D eigenvalue weighted by Crippen LogP contribution is -2.14. The minimum absolute atomic E-state index is 0.187. The summed E-state index contributed by atoms with van der Waals surface area (Å²) in [6, 6.07) is 1.98. The molecule has 2 heterocycles. The quantitative estimate of drug-likeness (QED) is 0.506. The molecule has 21 heavy (non-hydrogen) atoms. The van der Waals surface area contributed by atoms with Gasteiger partial charge in [-0.25, -0.2) is 18.4 Å². The summed E-state index contributed by atoms with van der Waals surface area (Å²) in [4.78, 5) is 20.0. The van der Waals surface area contributed by atoms with E-state index in [0.29, 0.717) is 0 Å². The Morgan fingerprint density at radius 1 is 1.14 bits per heavy atom. The zero-order chi connectivity index (χ0) is 15.6. The normalized spacial score (nSPS) is 11.1. The topological polar surface area (TPSA) is 128 Å². The zero-order valence-electron chi connectivity index (χ0n) is 9.90. The summed E-state index contributed by atoms with van der Waals surface area (Å²) < 4.78 is 26.3. The fourth-order valence-corrected chi connectivity index (χ4v) is 2.80. The van der Waals surface area contributed by atoms with Gasteiger partial charge in [-0.05, 0) is 16.0 Å². The molecular formula is C9H5Cl2N5O4S. The first-order chi connectivity index (χ1) is 9.81. The van der Waals surface area contributed by atoms with E-state index in [2.05, 4.69) is 19.7 Å². The molecule has 0 unspecified atom stereocenters. The zero-order valence-corrected chi connectivity index (χ0v) is 12.2. The molecule has 12 heteroatoms. The lowest BCUT2D eigenvalue weighted by atomic mass is 10.5. The Hall–Kier alpha value is -2.04. The molecule has 0 aromatic carbocycles. The smallest absolute Gasteiger partial charge is 0.358 e. The van der Waals surface area contributed by atoms with Gasteiger partial charge in [0, 0.05) is 6.07 Å². The predicted molar refractivity (Wildman–Crippen MR) is 73.8 cm³/mol. The summed E-state index contributed by atoms with van der Waals surface area (Å²) in [5.74, 6) is -0.479. The highest BCUT2D eigenvalue weighted by Crippen LogP contribution is 2.28. The van der Waals surface area contributed by atoms with Crippen LogP contribution >= 0.6 is 23.2 Å². The van der Waals surface area contributed by atoms with Crippen molar-refractivity contribution >= 4 is 44.7 Å². The molecule has 2 aromatic rings. The summed E-state index contributed by atoms with van der Waals surface area (Å²) >= 11 is 11.4. The van der Waals surface area contributed by atoms with Crippen molar-refractivity contribution in [2.24, 2.45) is 0 Å². The minimum atomic E-state index is -4.08. The molecular weight excluding hydrogens is 345 g/mol. The molecule has 0 aliphatic heterocycles. The Kier molecular flexibility index (Phi) is 4.21. The lowest BCUT2D eigenvalue weighted by Gasteiger charge is -2.08. The maximum atomic E-state index is 12.1. The van der Waals surface area contributed by atoms with Crippen LogP contribution in [0.5, 0.6) is 0 Å². The standard InChI is InChI=1S/C9H5Cl2N5O4S/c10-8-7(9(11)14-4-13-8)15-21(19,20)5-1-2-6(12-3-5)16(17)18/h1-4,15H. The second kappa shape index (κ2) is 5.76. The Bertz CT molecular complexity index is 776. The molecule has 2 aromatic heterocycles. The summed E-state index contributed by atoms with van der Waals surface area (Å²) in [7, 11) is -4.08. The summed E-state index contributed by atoms with van der Waals surface area (Å²) in [6.45, 7) is 0. The van der Waals surface area contributed by atoms with Gasteiger partial charge in [0.2, 0.25) is 0 Å². The number of halogens is 2. The van der Waals surface area contributed by atoms with Gasteiger partial charge in [0.1, 0.15) is 16.9 Å². The number of hydrogen-bond acceptors (Lipinski definition) is 7. The Labute approximate surface area is 128 Å². The van der Waals surface area contributed by atoms with Crippen LogP contribution in [0.15, 0.2) is 29.6 Å². The van der Waals surface area contributed by atoms with Gasteiger partial charge in [0.05, 0.1) is 0 Å². The van der Waals surface area contributed by atoms with Gasteiger partial charge in [-0.2, -0.15) is 0 Å². The third-order valence-electron chi connectivity index (χ3n) is 2.21. The molecule has 0 fully saturated rings. The van der Waals surface area contributed by atoms with Crippen LogP contribution in [0.1, 0.15) is 0 Å². The van der Waals surface area contributed by atoms with Gasteiger partial charge < -0.3 is 10.1 Å². The number of nitrogens with one attached hydrogen (secondary N) is 1. The maximum absolute atomic E-state index is 12.1. The molecule has 0 saturated heterocycles. The second-order valence-corrected chi connectivity index (χ2v) is 5.94. The van der Waals surface area contributed by atoms with Gasteiger partial charge in [-0.15, -0.1) is 0 Å². The van der Waals surface area contributed by atoms with E-state index in [-0.39, 0.29) is 20.9 Å². The molecule has 0 saturated carbocycles. The van der Waals surface area contributed by atoms with E-state index in [1.54, 1.807) is 0 Å². The number of anilines is 1. The third-order valence-corrected chi connectivity index (χ3v) is 4.12. The molecule has 9 nitrogen and oxygen atoms in total. The molecule has 0 bridgehead atoms. The molecule has 0 spiro atoms. The van der Waals surface area contributed by atoms with Crippen LogP contribution in [0.2, 0.25) is 10.3 Å². The molecule has 2 rings (SSSR count). The molecule has 110 valence electrons. The largest absolute Gasteiger partial charge is 0.363 e. The highest BCUT2D eigenvalue weighted by Gasteiger charge is 2.21. The van der Waals surface area contributed by atoms with Crippen molar-refractivity contribution in [2.75, 3.05) is 4.72 Å². The molecule has 0 amide bonds. The Balaban J connectivity index is 2.36. The van der Waals surface area contributed by atoms with E-state index in [0.717, 1.165) is 24.7 Å². The van der Waals surface area contributed by atoms with Crippen LogP contribution in [0.25, 0.3) is 0 Å². The van der Waals surface area contributed by atoms with Crippen LogP contribution in [0, 0.1) is 10.1 Å². The number of nitro groups is 1. The molecule has 0 radical (unpaired) electrons. The summed E-state index contributed by atoms with van der Waals surface area (Å²) in [5, 5.41) is 10.1. The SMILES string of the molecule is O=[N+]([O-])c1ccc(S(=O)(=O)Nc2c(Cl)ncnc2Cl)cn1. The molecule has 1 N–H and O–H groups in total. The summed E-state index contributed by atoms with van der Waals surface area (Å²) in [6.07, 6.45) is 1.90. The minimum Gasteiger partial charge on any atom is -0.358 e.